The fraction of sp³-hybridized carbons (Fsp3) is 0.500. The molecule has 1 aliphatic heterocycles. The lowest BCUT2D eigenvalue weighted by Gasteiger charge is -2.26. The van der Waals surface area contributed by atoms with Gasteiger partial charge in [-0.3, -0.25) is 4.79 Å². The van der Waals surface area contributed by atoms with Gasteiger partial charge in [-0.15, -0.1) is 0 Å². The van der Waals surface area contributed by atoms with Crippen LogP contribution in [0.5, 0.6) is 0 Å². The van der Waals surface area contributed by atoms with Gasteiger partial charge in [-0.05, 0) is 25.0 Å². The van der Waals surface area contributed by atoms with Crippen LogP contribution in [-0.4, -0.2) is 37.6 Å². The summed E-state index contributed by atoms with van der Waals surface area (Å²) in [7, 11) is 0. The molecule has 0 fully saturated rings. The number of ether oxygens (including phenoxy) is 1. The molecule has 1 aromatic carbocycles. The van der Waals surface area contributed by atoms with E-state index in [1.807, 2.05) is 25.1 Å². The molecule has 5 nitrogen and oxygen atoms in total. The quantitative estimate of drug-likeness (QED) is 0.637. The van der Waals surface area contributed by atoms with Crippen molar-refractivity contribution in [2.24, 2.45) is 0 Å². The number of carbonyl (C=O) groups is 2. The van der Waals surface area contributed by atoms with Crippen LogP contribution in [0.3, 0.4) is 0 Å². The standard InChI is InChI=1S/C16H22N2O3/c1-3-21-16(20)15-11-13-7-4-5-8-14(13)18(15)10-6-9-17-12(2)19/h4-5,7-8,15H,3,6,9-11H2,1-2H3,(H,17,19). The average molecular weight is 290 g/mol. The second-order valence-electron chi connectivity index (χ2n) is 5.13. The van der Waals surface area contributed by atoms with Crippen molar-refractivity contribution in [1.82, 2.24) is 5.32 Å². The molecule has 0 radical (unpaired) electrons. The normalized spacial score (nSPS) is 16.5. The molecule has 0 aromatic heterocycles. The highest BCUT2D eigenvalue weighted by Gasteiger charge is 2.34. The fourth-order valence-corrected chi connectivity index (χ4v) is 2.69. The minimum Gasteiger partial charge on any atom is -0.464 e. The van der Waals surface area contributed by atoms with Gasteiger partial charge in [0, 0.05) is 32.1 Å². The lowest BCUT2D eigenvalue weighted by atomic mass is 10.1. The minimum absolute atomic E-state index is 0.0289. The molecular formula is C16H22N2O3. The molecular weight excluding hydrogens is 268 g/mol. The van der Waals surface area contributed by atoms with E-state index in [0.29, 0.717) is 19.6 Å². The summed E-state index contributed by atoms with van der Waals surface area (Å²) in [5, 5.41) is 2.78. The first-order valence-electron chi connectivity index (χ1n) is 7.39. The van der Waals surface area contributed by atoms with Crippen LogP contribution < -0.4 is 10.2 Å². The lowest BCUT2D eigenvalue weighted by molar-refractivity contribution is -0.144. The van der Waals surface area contributed by atoms with Gasteiger partial charge in [0.15, 0.2) is 0 Å². The van der Waals surface area contributed by atoms with Crippen molar-refractivity contribution < 1.29 is 14.3 Å². The van der Waals surface area contributed by atoms with Crippen LogP contribution in [-0.2, 0) is 20.7 Å². The monoisotopic (exact) mass is 290 g/mol. The second kappa shape index (κ2) is 7.11. The number of anilines is 1. The number of rotatable bonds is 6. The topological polar surface area (TPSA) is 58.6 Å². The number of esters is 1. The molecule has 0 bridgehead atoms. The number of fused-ring (bicyclic) bond motifs is 1. The molecule has 1 atom stereocenters. The highest BCUT2D eigenvalue weighted by Crippen LogP contribution is 2.32. The van der Waals surface area contributed by atoms with Gasteiger partial charge >= 0.3 is 5.97 Å². The Hall–Kier alpha value is -2.04. The molecule has 1 N–H and O–H groups in total. The summed E-state index contributed by atoms with van der Waals surface area (Å²) in [6, 6.07) is 7.80. The number of benzene rings is 1. The predicted octanol–water partition coefficient (Wildman–Crippen LogP) is 1.51. The summed E-state index contributed by atoms with van der Waals surface area (Å²) in [6.45, 7) is 5.06. The highest BCUT2D eigenvalue weighted by molar-refractivity contribution is 5.84. The molecule has 21 heavy (non-hydrogen) atoms. The maximum atomic E-state index is 12.1. The zero-order valence-electron chi connectivity index (χ0n) is 12.6. The third-order valence-corrected chi connectivity index (χ3v) is 3.60. The molecule has 114 valence electrons. The van der Waals surface area contributed by atoms with Gasteiger partial charge in [-0.25, -0.2) is 4.79 Å². The third-order valence-electron chi connectivity index (χ3n) is 3.60. The number of nitrogens with one attached hydrogen (secondary N) is 1. The predicted molar refractivity (Wildman–Crippen MR) is 81.2 cm³/mol. The Morgan fingerprint density at radius 1 is 1.38 bits per heavy atom. The third kappa shape index (κ3) is 3.74. The fourth-order valence-electron chi connectivity index (χ4n) is 2.69. The molecule has 0 saturated carbocycles. The van der Waals surface area contributed by atoms with Gasteiger partial charge in [0.2, 0.25) is 5.91 Å². The van der Waals surface area contributed by atoms with Crippen LogP contribution in [0.1, 0.15) is 25.8 Å². The van der Waals surface area contributed by atoms with Crippen LogP contribution in [0.15, 0.2) is 24.3 Å². The summed E-state index contributed by atoms with van der Waals surface area (Å²) in [4.78, 5) is 25.1. The van der Waals surface area contributed by atoms with Crippen LogP contribution in [0.2, 0.25) is 0 Å². The SMILES string of the molecule is CCOC(=O)C1Cc2ccccc2N1CCCNC(C)=O. The Kier molecular flexibility index (Phi) is 5.20. The van der Waals surface area contributed by atoms with Crippen molar-refractivity contribution in [2.45, 2.75) is 32.7 Å². The molecule has 1 unspecified atom stereocenters. The first-order valence-corrected chi connectivity index (χ1v) is 7.39. The van der Waals surface area contributed by atoms with Crippen molar-refractivity contribution in [1.29, 1.82) is 0 Å². The van der Waals surface area contributed by atoms with Crippen LogP contribution in [0.4, 0.5) is 5.69 Å². The van der Waals surface area contributed by atoms with Gasteiger partial charge in [0.1, 0.15) is 6.04 Å². The lowest BCUT2D eigenvalue weighted by Crippen LogP contribution is -2.41. The highest BCUT2D eigenvalue weighted by atomic mass is 16.5. The van der Waals surface area contributed by atoms with E-state index in [1.165, 1.54) is 12.5 Å². The summed E-state index contributed by atoms with van der Waals surface area (Å²) >= 11 is 0. The first kappa shape index (κ1) is 15.4. The van der Waals surface area contributed by atoms with Crippen molar-refractivity contribution >= 4 is 17.6 Å². The second-order valence-corrected chi connectivity index (χ2v) is 5.13. The summed E-state index contributed by atoms with van der Waals surface area (Å²) in [6.07, 6.45) is 1.49. The Labute approximate surface area is 125 Å². The van der Waals surface area contributed by atoms with Crippen molar-refractivity contribution in [3.8, 4) is 0 Å². The Balaban J connectivity index is 2.04. The van der Waals surface area contributed by atoms with E-state index in [4.69, 9.17) is 4.74 Å². The van der Waals surface area contributed by atoms with Crippen LogP contribution >= 0.6 is 0 Å². The smallest absolute Gasteiger partial charge is 0.329 e. The van der Waals surface area contributed by atoms with Crippen molar-refractivity contribution in [3.05, 3.63) is 29.8 Å². The van der Waals surface area contributed by atoms with Gasteiger partial charge in [0.05, 0.1) is 6.61 Å². The largest absolute Gasteiger partial charge is 0.464 e. The molecule has 0 saturated heterocycles. The number of nitrogens with zero attached hydrogens (tertiary/aromatic N) is 1. The van der Waals surface area contributed by atoms with Crippen molar-refractivity contribution in [3.63, 3.8) is 0 Å². The summed E-state index contributed by atoms with van der Waals surface area (Å²) in [5.41, 5.74) is 2.27. The zero-order valence-corrected chi connectivity index (χ0v) is 12.6. The van der Waals surface area contributed by atoms with E-state index in [0.717, 1.165) is 18.7 Å². The van der Waals surface area contributed by atoms with Crippen LogP contribution in [0, 0.1) is 0 Å². The molecule has 2 rings (SSSR count). The maximum absolute atomic E-state index is 12.1. The Bertz CT molecular complexity index is 516. The molecule has 0 spiro atoms. The number of hydrogen-bond donors (Lipinski definition) is 1. The van der Waals surface area contributed by atoms with E-state index < -0.39 is 0 Å². The molecule has 0 aliphatic carbocycles. The van der Waals surface area contributed by atoms with E-state index in [1.54, 1.807) is 0 Å². The maximum Gasteiger partial charge on any atom is 0.329 e. The Morgan fingerprint density at radius 2 is 2.14 bits per heavy atom. The summed E-state index contributed by atoms with van der Waals surface area (Å²) in [5.74, 6) is -0.202. The average Bonchev–Trinajstić information content (AvgIpc) is 2.82. The molecule has 1 heterocycles. The minimum atomic E-state index is -0.250. The number of carbonyl (C=O) groups excluding carboxylic acids is 2. The molecule has 5 heteroatoms. The number of amides is 1. The van der Waals surface area contributed by atoms with E-state index in [2.05, 4.69) is 16.3 Å². The molecule has 1 aromatic rings. The van der Waals surface area contributed by atoms with Gasteiger partial charge < -0.3 is 15.0 Å². The molecule has 1 aliphatic rings. The van der Waals surface area contributed by atoms with E-state index in [9.17, 15) is 9.59 Å². The first-order chi connectivity index (χ1) is 10.1. The van der Waals surface area contributed by atoms with E-state index >= 15 is 0 Å². The summed E-state index contributed by atoms with van der Waals surface area (Å²) < 4.78 is 5.18. The van der Waals surface area contributed by atoms with E-state index in [-0.39, 0.29) is 17.9 Å². The number of hydrogen-bond acceptors (Lipinski definition) is 4. The zero-order chi connectivity index (χ0) is 15.2. The van der Waals surface area contributed by atoms with Gasteiger partial charge in [-0.1, -0.05) is 18.2 Å². The van der Waals surface area contributed by atoms with Crippen molar-refractivity contribution in [2.75, 3.05) is 24.6 Å². The Morgan fingerprint density at radius 3 is 2.86 bits per heavy atom. The van der Waals surface area contributed by atoms with Gasteiger partial charge in [0.25, 0.3) is 0 Å². The number of para-hydroxylation sites is 1. The van der Waals surface area contributed by atoms with Gasteiger partial charge in [-0.2, -0.15) is 0 Å². The van der Waals surface area contributed by atoms with Crippen LogP contribution in [0.25, 0.3) is 0 Å². The molecule has 1 amide bonds.